The number of rotatable bonds is 3. The van der Waals surface area contributed by atoms with Gasteiger partial charge in [0.05, 0.1) is 12.4 Å². The first kappa shape index (κ1) is 7.90. The molecule has 6 N–H and O–H groups in total. The van der Waals surface area contributed by atoms with Crippen LogP contribution in [0, 0.1) is 0 Å². The van der Waals surface area contributed by atoms with Crippen molar-refractivity contribution in [1.29, 1.82) is 0 Å². The highest BCUT2D eigenvalue weighted by Gasteiger charge is 2.01. The Bertz CT molecular complexity index is 51.2. The van der Waals surface area contributed by atoms with Gasteiger partial charge < -0.3 is 21.7 Å². The topological polar surface area (TPSA) is 92.5 Å². The van der Waals surface area contributed by atoms with Crippen LogP contribution in [0.15, 0.2) is 0 Å². The van der Waals surface area contributed by atoms with Gasteiger partial charge in [0.2, 0.25) is 0 Å². The molecule has 0 rings (SSSR count). The molecule has 47 valence electrons. The lowest BCUT2D eigenvalue weighted by molar-refractivity contribution is 0.197. The van der Waals surface area contributed by atoms with E-state index in [1.807, 2.05) is 0 Å². The van der Waals surface area contributed by atoms with E-state index < -0.39 is 12.4 Å². The standard InChI is InChI=1S/C3H10BN2O2/c5-2(7)1-4-3(6)8/h2-3,7-8H,1,5-6H2. The highest BCUT2D eigenvalue weighted by molar-refractivity contribution is 6.36. The van der Waals surface area contributed by atoms with E-state index in [2.05, 4.69) is 0 Å². The molecule has 0 spiro atoms. The lowest BCUT2D eigenvalue weighted by Crippen LogP contribution is -2.31. The van der Waals surface area contributed by atoms with Crippen LogP contribution in [-0.4, -0.2) is 29.8 Å². The molecule has 5 heteroatoms. The molecule has 0 aromatic rings. The second kappa shape index (κ2) is 3.85. The van der Waals surface area contributed by atoms with E-state index in [-0.39, 0.29) is 6.32 Å². The number of aliphatic hydroxyl groups excluding tert-OH is 2. The third-order valence-electron chi connectivity index (χ3n) is 0.619. The molecule has 0 aliphatic rings. The Morgan fingerprint density at radius 1 is 1.38 bits per heavy atom. The molecule has 0 fully saturated rings. The summed E-state index contributed by atoms with van der Waals surface area (Å²) in [5, 5.41) is 16.7. The summed E-state index contributed by atoms with van der Waals surface area (Å²) in [5.74, 6) is 0. The fraction of sp³-hybridized carbons (Fsp3) is 1.00. The largest absolute Gasteiger partial charge is 0.388 e. The predicted molar refractivity (Wildman–Crippen MR) is 30.9 cm³/mol. The van der Waals surface area contributed by atoms with Crippen molar-refractivity contribution in [2.24, 2.45) is 11.5 Å². The van der Waals surface area contributed by atoms with Crippen LogP contribution in [0.4, 0.5) is 0 Å². The first-order chi connectivity index (χ1) is 3.63. The van der Waals surface area contributed by atoms with Crippen molar-refractivity contribution in [3.05, 3.63) is 0 Å². The lowest BCUT2D eigenvalue weighted by Gasteiger charge is -2.03. The van der Waals surface area contributed by atoms with Gasteiger partial charge in [-0.15, -0.1) is 0 Å². The Morgan fingerprint density at radius 3 is 2.00 bits per heavy atom. The maximum absolute atomic E-state index is 8.38. The summed E-state index contributed by atoms with van der Waals surface area (Å²) < 4.78 is 0. The second-order valence-electron chi connectivity index (χ2n) is 1.53. The molecule has 0 aliphatic carbocycles. The highest BCUT2D eigenvalue weighted by Crippen LogP contribution is 1.81. The highest BCUT2D eigenvalue weighted by atomic mass is 16.3. The number of hydrogen-bond donors (Lipinski definition) is 4. The van der Waals surface area contributed by atoms with E-state index in [0.717, 1.165) is 0 Å². The van der Waals surface area contributed by atoms with Gasteiger partial charge in [0.1, 0.15) is 0 Å². The summed E-state index contributed by atoms with van der Waals surface area (Å²) in [6.07, 6.45) is -1.67. The molecule has 0 heterocycles. The summed E-state index contributed by atoms with van der Waals surface area (Å²) in [7, 11) is 1.32. The molecule has 8 heavy (non-hydrogen) atoms. The second-order valence-corrected chi connectivity index (χ2v) is 1.53. The van der Waals surface area contributed by atoms with Gasteiger partial charge in [0.15, 0.2) is 7.28 Å². The van der Waals surface area contributed by atoms with E-state index in [1.54, 1.807) is 0 Å². The maximum Gasteiger partial charge on any atom is 0.173 e. The summed E-state index contributed by atoms with van der Waals surface area (Å²) in [6.45, 7) is 0. The van der Waals surface area contributed by atoms with Gasteiger partial charge in [-0.25, -0.2) is 0 Å². The molecular formula is C3H10BN2O2. The normalized spacial score (nSPS) is 17.5. The van der Waals surface area contributed by atoms with Gasteiger partial charge in [0, 0.05) is 0 Å². The van der Waals surface area contributed by atoms with E-state index in [0.29, 0.717) is 0 Å². The van der Waals surface area contributed by atoms with Gasteiger partial charge >= 0.3 is 0 Å². The molecular weight excluding hydrogens is 107 g/mol. The quantitative estimate of drug-likeness (QED) is 0.245. The van der Waals surface area contributed by atoms with Crippen molar-refractivity contribution in [1.82, 2.24) is 0 Å². The van der Waals surface area contributed by atoms with Crippen LogP contribution >= 0.6 is 0 Å². The molecule has 0 bridgehead atoms. The first-order valence-electron chi connectivity index (χ1n) is 2.33. The van der Waals surface area contributed by atoms with Crippen LogP contribution in [0.25, 0.3) is 0 Å². The Kier molecular flexibility index (Phi) is 3.81. The minimum absolute atomic E-state index is 0.220. The van der Waals surface area contributed by atoms with Crippen LogP contribution in [0.5, 0.6) is 0 Å². The molecule has 1 radical (unpaired) electrons. The first-order valence-corrected chi connectivity index (χ1v) is 2.33. The van der Waals surface area contributed by atoms with Gasteiger partial charge in [-0.2, -0.15) is 0 Å². The summed E-state index contributed by atoms with van der Waals surface area (Å²) in [6, 6.07) is 0. The van der Waals surface area contributed by atoms with Crippen LogP contribution in [0.2, 0.25) is 6.32 Å². The van der Waals surface area contributed by atoms with Crippen molar-refractivity contribution in [3.63, 3.8) is 0 Å². The molecule has 0 amide bonds. The Balaban J connectivity index is 2.93. The van der Waals surface area contributed by atoms with E-state index in [9.17, 15) is 0 Å². The van der Waals surface area contributed by atoms with Crippen LogP contribution in [0.3, 0.4) is 0 Å². The molecule has 0 saturated carbocycles. The third-order valence-corrected chi connectivity index (χ3v) is 0.619. The Labute approximate surface area is 48.7 Å². The molecule has 4 nitrogen and oxygen atoms in total. The molecule has 2 atom stereocenters. The van der Waals surface area contributed by atoms with Gasteiger partial charge in [-0.1, -0.05) is 0 Å². The molecule has 0 aromatic heterocycles. The summed E-state index contributed by atoms with van der Waals surface area (Å²) >= 11 is 0. The fourth-order valence-electron chi connectivity index (χ4n) is 0.279. The van der Waals surface area contributed by atoms with E-state index in [1.165, 1.54) is 7.28 Å². The van der Waals surface area contributed by atoms with Crippen molar-refractivity contribution < 1.29 is 10.2 Å². The zero-order valence-corrected chi connectivity index (χ0v) is 4.49. The van der Waals surface area contributed by atoms with Crippen LogP contribution < -0.4 is 11.5 Å². The SMILES string of the molecule is NC(O)[B]CC(N)O. The molecule has 0 saturated heterocycles. The van der Waals surface area contributed by atoms with Crippen molar-refractivity contribution >= 4 is 7.28 Å². The zero-order chi connectivity index (χ0) is 6.57. The van der Waals surface area contributed by atoms with Gasteiger partial charge in [0.25, 0.3) is 0 Å². The predicted octanol–water partition coefficient (Wildman–Crippen LogP) is -2.38. The monoisotopic (exact) mass is 117 g/mol. The Hall–Kier alpha value is -0.0951. The third kappa shape index (κ3) is 5.90. The molecule has 2 unspecified atom stereocenters. The average Bonchev–Trinajstić information content (AvgIpc) is 1.61. The van der Waals surface area contributed by atoms with E-state index >= 15 is 0 Å². The number of nitrogens with two attached hydrogens (primary N) is 2. The number of hydrogen-bond acceptors (Lipinski definition) is 4. The number of aliphatic hydroxyl groups is 2. The molecule has 0 aliphatic heterocycles. The van der Waals surface area contributed by atoms with Gasteiger partial charge in [-0.05, 0) is 6.32 Å². The minimum atomic E-state index is -0.979. The van der Waals surface area contributed by atoms with Gasteiger partial charge in [-0.3, -0.25) is 0 Å². The lowest BCUT2D eigenvalue weighted by atomic mass is 9.72. The molecule has 0 aromatic carbocycles. The maximum atomic E-state index is 8.38. The van der Waals surface area contributed by atoms with Crippen LogP contribution in [-0.2, 0) is 0 Å². The summed E-state index contributed by atoms with van der Waals surface area (Å²) in [5.41, 5.74) is 9.77. The smallest absolute Gasteiger partial charge is 0.173 e. The van der Waals surface area contributed by atoms with Crippen molar-refractivity contribution in [3.8, 4) is 0 Å². The zero-order valence-electron chi connectivity index (χ0n) is 4.49. The van der Waals surface area contributed by atoms with Crippen molar-refractivity contribution in [2.45, 2.75) is 18.7 Å². The fourth-order valence-corrected chi connectivity index (χ4v) is 0.279. The van der Waals surface area contributed by atoms with Crippen molar-refractivity contribution in [2.75, 3.05) is 0 Å². The van der Waals surface area contributed by atoms with E-state index in [4.69, 9.17) is 21.7 Å². The summed E-state index contributed by atoms with van der Waals surface area (Å²) in [4.78, 5) is 0. The minimum Gasteiger partial charge on any atom is -0.388 e. The van der Waals surface area contributed by atoms with Crippen LogP contribution in [0.1, 0.15) is 0 Å². The Morgan fingerprint density at radius 2 is 1.88 bits per heavy atom. The average molecular weight is 117 g/mol.